The van der Waals surface area contributed by atoms with Crippen LogP contribution < -0.4 is 5.32 Å². The Hall–Kier alpha value is -1.70. The summed E-state index contributed by atoms with van der Waals surface area (Å²) in [6.45, 7) is 4.50. The number of thiophene rings is 1. The van der Waals surface area contributed by atoms with Crippen molar-refractivity contribution in [3.05, 3.63) is 39.9 Å². The highest BCUT2D eigenvalue weighted by atomic mass is 32.1. The Balaban J connectivity index is 1.49. The van der Waals surface area contributed by atoms with Gasteiger partial charge in [0.15, 0.2) is 0 Å². The molecule has 7 heteroatoms. The first-order chi connectivity index (χ1) is 11.6. The van der Waals surface area contributed by atoms with E-state index in [4.69, 9.17) is 9.26 Å². The van der Waals surface area contributed by atoms with Crippen molar-refractivity contribution in [2.24, 2.45) is 5.92 Å². The van der Waals surface area contributed by atoms with E-state index in [0.29, 0.717) is 19.0 Å². The Morgan fingerprint density at radius 3 is 3.08 bits per heavy atom. The average molecular weight is 349 g/mol. The molecule has 0 bridgehead atoms. The molecule has 1 aliphatic heterocycles. The summed E-state index contributed by atoms with van der Waals surface area (Å²) in [5.74, 6) is 1.24. The molecule has 3 heterocycles. The van der Waals surface area contributed by atoms with Gasteiger partial charge in [0.05, 0.1) is 24.9 Å². The number of nitrogens with one attached hydrogen (secondary N) is 1. The number of hydrogen-bond donors (Lipinski definition) is 1. The smallest absolute Gasteiger partial charge is 0.234 e. The standard InChI is InChI=1S/C17H23N3O3S/c1-12-6-14(23-19-12)7-13-9-20(10-16(13)22-2)11-17(21)18-8-15-4-3-5-24-15/h3-6,13,16H,7-11H2,1-2H3,(H,18,21)/t13-,16+/m1/s1. The van der Waals surface area contributed by atoms with Gasteiger partial charge < -0.3 is 14.6 Å². The third-order valence-electron chi connectivity index (χ3n) is 4.31. The van der Waals surface area contributed by atoms with Gasteiger partial charge in [-0.2, -0.15) is 0 Å². The van der Waals surface area contributed by atoms with Crippen LogP contribution in [0.25, 0.3) is 0 Å². The lowest BCUT2D eigenvalue weighted by Crippen LogP contribution is -2.36. The van der Waals surface area contributed by atoms with Crippen molar-refractivity contribution >= 4 is 17.2 Å². The van der Waals surface area contributed by atoms with E-state index in [9.17, 15) is 4.79 Å². The zero-order valence-electron chi connectivity index (χ0n) is 14.0. The van der Waals surface area contributed by atoms with Gasteiger partial charge in [0.2, 0.25) is 5.91 Å². The Kier molecular flexibility index (Phi) is 5.65. The van der Waals surface area contributed by atoms with E-state index in [-0.39, 0.29) is 12.0 Å². The molecule has 3 rings (SSSR count). The quantitative estimate of drug-likeness (QED) is 0.826. The normalized spacial score (nSPS) is 21.2. The van der Waals surface area contributed by atoms with E-state index in [2.05, 4.69) is 15.4 Å². The Labute approximate surface area is 145 Å². The highest BCUT2D eigenvalue weighted by Gasteiger charge is 2.34. The third-order valence-corrected chi connectivity index (χ3v) is 5.18. The van der Waals surface area contributed by atoms with Crippen LogP contribution in [-0.2, 0) is 22.5 Å². The van der Waals surface area contributed by atoms with Crippen molar-refractivity contribution in [2.75, 3.05) is 26.7 Å². The monoisotopic (exact) mass is 349 g/mol. The maximum atomic E-state index is 12.1. The summed E-state index contributed by atoms with van der Waals surface area (Å²) < 4.78 is 10.9. The lowest BCUT2D eigenvalue weighted by Gasteiger charge is -2.14. The van der Waals surface area contributed by atoms with Crippen LogP contribution in [0, 0.1) is 12.8 Å². The Morgan fingerprint density at radius 2 is 2.42 bits per heavy atom. The largest absolute Gasteiger partial charge is 0.380 e. The molecule has 24 heavy (non-hydrogen) atoms. The van der Waals surface area contributed by atoms with Gasteiger partial charge in [0, 0.05) is 43.5 Å². The van der Waals surface area contributed by atoms with Gasteiger partial charge in [0.1, 0.15) is 5.76 Å². The number of ether oxygens (including phenoxy) is 1. The molecule has 2 aromatic rings. The molecule has 0 radical (unpaired) electrons. The van der Waals surface area contributed by atoms with Gasteiger partial charge in [-0.15, -0.1) is 11.3 Å². The van der Waals surface area contributed by atoms with E-state index in [1.165, 1.54) is 0 Å². The predicted molar refractivity (Wildman–Crippen MR) is 91.8 cm³/mol. The van der Waals surface area contributed by atoms with Crippen molar-refractivity contribution < 1.29 is 14.1 Å². The van der Waals surface area contributed by atoms with Crippen molar-refractivity contribution in [1.29, 1.82) is 0 Å². The number of methoxy groups -OCH3 is 1. The highest BCUT2D eigenvalue weighted by Crippen LogP contribution is 2.23. The molecule has 2 aromatic heterocycles. The zero-order chi connectivity index (χ0) is 16.9. The summed E-state index contributed by atoms with van der Waals surface area (Å²) in [5, 5.41) is 8.92. The Morgan fingerprint density at radius 1 is 1.54 bits per heavy atom. The van der Waals surface area contributed by atoms with Crippen molar-refractivity contribution in [2.45, 2.75) is 26.0 Å². The minimum absolute atomic E-state index is 0.0504. The maximum Gasteiger partial charge on any atom is 0.234 e. The van der Waals surface area contributed by atoms with Crippen LogP contribution in [0.1, 0.15) is 16.3 Å². The molecule has 130 valence electrons. The number of carbonyl (C=O) groups excluding carboxylic acids is 1. The van der Waals surface area contributed by atoms with Gasteiger partial charge in [-0.25, -0.2) is 0 Å². The zero-order valence-corrected chi connectivity index (χ0v) is 14.8. The third kappa shape index (κ3) is 4.43. The van der Waals surface area contributed by atoms with Gasteiger partial charge >= 0.3 is 0 Å². The molecule has 1 saturated heterocycles. The van der Waals surface area contributed by atoms with E-state index in [0.717, 1.165) is 35.8 Å². The lowest BCUT2D eigenvalue weighted by molar-refractivity contribution is -0.122. The molecule has 1 fully saturated rings. The molecule has 6 nitrogen and oxygen atoms in total. The number of amides is 1. The van der Waals surface area contributed by atoms with E-state index >= 15 is 0 Å². The maximum absolute atomic E-state index is 12.1. The molecular weight excluding hydrogens is 326 g/mol. The van der Waals surface area contributed by atoms with Crippen LogP contribution in [-0.4, -0.2) is 48.8 Å². The first-order valence-electron chi connectivity index (χ1n) is 8.10. The molecule has 0 unspecified atom stereocenters. The summed E-state index contributed by atoms with van der Waals surface area (Å²) in [7, 11) is 1.73. The topological polar surface area (TPSA) is 67.6 Å². The SMILES string of the molecule is CO[C@H]1CN(CC(=O)NCc2cccs2)C[C@H]1Cc1cc(C)no1. The predicted octanol–water partition coefficient (Wildman–Crippen LogP) is 1.85. The fraction of sp³-hybridized carbons (Fsp3) is 0.529. The molecule has 1 amide bonds. The number of aromatic nitrogens is 1. The first kappa shape index (κ1) is 17.1. The minimum Gasteiger partial charge on any atom is -0.380 e. The fourth-order valence-electron chi connectivity index (χ4n) is 3.15. The minimum atomic E-state index is 0.0504. The second kappa shape index (κ2) is 7.92. The van der Waals surface area contributed by atoms with Gasteiger partial charge in [-0.05, 0) is 18.4 Å². The Bertz CT molecular complexity index is 656. The summed E-state index contributed by atoms with van der Waals surface area (Å²) in [6.07, 6.45) is 0.896. The summed E-state index contributed by atoms with van der Waals surface area (Å²) in [6, 6.07) is 5.98. The molecule has 0 aliphatic carbocycles. The van der Waals surface area contributed by atoms with Crippen LogP contribution in [0.5, 0.6) is 0 Å². The average Bonchev–Trinajstić information content (AvgIpc) is 3.28. The number of aryl methyl sites for hydroxylation is 1. The summed E-state index contributed by atoms with van der Waals surface area (Å²) in [5.41, 5.74) is 0.891. The van der Waals surface area contributed by atoms with Crippen molar-refractivity contribution in [1.82, 2.24) is 15.4 Å². The fourth-order valence-corrected chi connectivity index (χ4v) is 3.79. The number of nitrogens with zero attached hydrogens (tertiary/aromatic N) is 2. The van der Waals surface area contributed by atoms with Crippen LogP contribution in [0.3, 0.4) is 0 Å². The number of hydrogen-bond acceptors (Lipinski definition) is 6. The van der Waals surface area contributed by atoms with Crippen LogP contribution >= 0.6 is 11.3 Å². The number of carbonyl (C=O) groups is 1. The van der Waals surface area contributed by atoms with Crippen molar-refractivity contribution in [3.63, 3.8) is 0 Å². The van der Waals surface area contributed by atoms with Crippen LogP contribution in [0.15, 0.2) is 28.1 Å². The number of rotatable bonds is 7. The second-order valence-electron chi connectivity index (χ2n) is 6.22. The first-order valence-corrected chi connectivity index (χ1v) is 8.98. The molecule has 0 saturated carbocycles. The van der Waals surface area contributed by atoms with Gasteiger partial charge in [-0.3, -0.25) is 9.69 Å². The molecule has 1 aliphatic rings. The van der Waals surface area contributed by atoms with Crippen molar-refractivity contribution in [3.8, 4) is 0 Å². The van der Waals surface area contributed by atoms with Gasteiger partial charge in [0.25, 0.3) is 0 Å². The molecule has 0 spiro atoms. The summed E-state index contributed by atoms with van der Waals surface area (Å²) in [4.78, 5) is 15.4. The molecule has 0 aromatic carbocycles. The summed E-state index contributed by atoms with van der Waals surface area (Å²) >= 11 is 1.65. The number of likely N-dealkylation sites (tertiary alicyclic amines) is 1. The van der Waals surface area contributed by atoms with E-state index < -0.39 is 0 Å². The van der Waals surface area contributed by atoms with Gasteiger partial charge in [-0.1, -0.05) is 11.2 Å². The van der Waals surface area contributed by atoms with E-state index in [1.54, 1.807) is 18.4 Å². The second-order valence-corrected chi connectivity index (χ2v) is 7.26. The molecular formula is C17H23N3O3S. The van der Waals surface area contributed by atoms with Crippen LogP contribution in [0.2, 0.25) is 0 Å². The van der Waals surface area contributed by atoms with Crippen LogP contribution in [0.4, 0.5) is 0 Å². The lowest BCUT2D eigenvalue weighted by atomic mass is 10.0. The highest BCUT2D eigenvalue weighted by molar-refractivity contribution is 7.09. The molecule has 1 N–H and O–H groups in total. The molecule has 2 atom stereocenters. The van der Waals surface area contributed by atoms with E-state index in [1.807, 2.05) is 30.5 Å².